The van der Waals surface area contributed by atoms with Gasteiger partial charge in [0.15, 0.2) is 5.96 Å². The molecule has 0 amide bonds. The number of anilines is 1. The SMILES string of the molecule is C=CCNC(=NC)N1CCN(c2cccc(OC)c2)CC1. The fourth-order valence-electron chi connectivity index (χ4n) is 2.48. The van der Waals surface area contributed by atoms with Gasteiger partial charge in [0.25, 0.3) is 0 Å². The lowest BCUT2D eigenvalue weighted by molar-refractivity contribution is 0.373. The topological polar surface area (TPSA) is 40.1 Å². The second-order valence-electron chi connectivity index (χ2n) is 4.89. The van der Waals surface area contributed by atoms with Crippen LogP contribution < -0.4 is 15.0 Å². The molecule has 5 heteroatoms. The van der Waals surface area contributed by atoms with Crippen molar-refractivity contribution in [1.82, 2.24) is 10.2 Å². The third-order valence-corrected chi connectivity index (χ3v) is 3.61. The molecule has 0 radical (unpaired) electrons. The van der Waals surface area contributed by atoms with E-state index in [1.807, 2.05) is 25.3 Å². The first kappa shape index (κ1) is 15.2. The van der Waals surface area contributed by atoms with Gasteiger partial charge in [-0.05, 0) is 12.1 Å². The third-order valence-electron chi connectivity index (χ3n) is 3.61. The molecule has 1 aliphatic heterocycles. The van der Waals surface area contributed by atoms with Gasteiger partial charge in [0.2, 0.25) is 0 Å². The summed E-state index contributed by atoms with van der Waals surface area (Å²) in [6.45, 7) is 8.32. The Morgan fingerprint density at radius 2 is 2.14 bits per heavy atom. The number of ether oxygens (including phenoxy) is 1. The maximum Gasteiger partial charge on any atom is 0.194 e. The lowest BCUT2D eigenvalue weighted by Gasteiger charge is -2.37. The molecule has 0 unspecified atom stereocenters. The van der Waals surface area contributed by atoms with Crippen LogP contribution in [0.5, 0.6) is 5.75 Å². The van der Waals surface area contributed by atoms with Crippen LogP contribution in [0.25, 0.3) is 0 Å². The van der Waals surface area contributed by atoms with Gasteiger partial charge in [0.05, 0.1) is 7.11 Å². The number of nitrogens with zero attached hydrogens (tertiary/aromatic N) is 3. The molecule has 0 aromatic heterocycles. The molecule has 2 rings (SSSR count). The average Bonchev–Trinajstić information content (AvgIpc) is 2.56. The van der Waals surface area contributed by atoms with Crippen molar-refractivity contribution in [3.05, 3.63) is 36.9 Å². The van der Waals surface area contributed by atoms with E-state index in [1.165, 1.54) is 5.69 Å². The number of rotatable bonds is 4. The third kappa shape index (κ3) is 3.90. The Kier molecular flexibility index (Phi) is 5.49. The van der Waals surface area contributed by atoms with Crippen LogP contribution >= 0.6 is 0 Å². The minimum Gasteiger partial charge on any atom is -0.497 e. The molecule has 1 aromatic carbocycles. The molecule has 5 nitrogen and oxygen atoms in total. The summed E-state index contributed by atoms with van der Waals surface area (Å²) in [5, 5.41) is 3.28. The van der Waals surface area contributed by atoms with Crippen molar-refractivity contribution in [3.63, 3.8) is 0 Å². The zero-order chi connectivity index (χ0) is 15.1. The predicted molar refractivity (Wildman–Crippen MR) is 88.3 cm³/mol. The maximum absolute atomic E-state index is 5.29. The zero-order valence-corrected chi connectivity index (χ0v) is 12.9. The monoisotopic (exact) mass is 288 g/mol. The summed E-state index contributed by atoms with van der Waals surface area (Å²) in [6, 6.07) is 8.22. The van der Waals surface area contributed by atoms with Gasteiger partial charge < -0.3 is 19.9 Å². The van der Waals surface area contributed by atoms with Crippen molar-refractivity contribution in [1.29, 1.82) is 0 Å². The lowest BCUT2D eigenvalue weighted by atomic mass is 10.2. The van der Waals surface area contributed by atoms with E-state index in [0.29, 0.717) is 0 Å². The van der Waals surface area contributed by atoms with Crippen molar-refractivity contribution < 1.29 is 4.74 Å². The molecule has 1 N–H and O–H groups in total. The second-order valence-corrected chi connectivity index (χ2v) is 4.89. The highest BCUT2D eigenvalue weighted by molar-refractivity contribution is 5.80. The van der Waals surface area contributed by atoms with E-state index in [9.17, 15) is 0 Å². The van der Waals surface area contributed by atoms with Gasteiger partial charge in [-0.2, -0.15) is 0 Å². The fourth-order valence-corrected chi connectivity index (χ4v) is 2.48. The molecule has 1 heterocycles. The molecule has 1 aromatic rings. The maximum atomic E-state index is 5.29. The molecule has 1 aliphatic rings. The van der Waals surface area contributed by atoms with Crippen molar-refractivity contribution in [2.75, 3.05) is 51.8 Å². The molecule has 0 bridgehead atoms. The van der Waals surface area contributed by atoms with Crippen LogP contribution in [-0.2, 0) is 0 Å². The van der Waals surface area contributed by atoms with Crippen molar-refractivity contribution >= 4 is 11.6 Å². The molecule has 0 spiro atoms. The van der Waals surface area contributed by atoms with E-state index in [4.69, 9.17) is 4.74 Å². The number of aliphatic imine (C=N–C) groups is 1. The van der Waals surface area contributed by atoms with Gasteiger partial charge in [-0.25, -0.2) is 0 Å². The Balaban J connectivity index is 1.94. The van der Waals surface area contributed by atoms with Gasteiger partial charge in [-0.15, -0.1) is 6.58 Å². The predicted octanol–water partition coefficient (Wildman–Crippen LogP) is 1.58. The van der Waals surface area contributed by atoms with Crippen LogP contribution in [0, 0.1) is 0 Å². The standard InChI is InChI=1S/C16H24N4O/c1-4-8-18-16(17-2)20-11-9-19(10-12-20)14-6-5-7-15(13-14)21-3/h4-7,13H,1,8-12H2,2-3H3,(H,17,18). The molecule has 1 saturated heterocycles. The average molecular weight is 288 g/mol. The van der Waals surface area contributed by atoms with Crippen LogP contribution in [0.2, 0.25) is 0 Å². The molecule has 0 atom stereocenters. The summed E-state index contributed by atoms with van der Waals surface area (Å²) in [6.07, 6.45) is 1.84. The summed E-state index contributed by atoms with van der Waals surface area (Å²) in [7, 11) is 3.52. The molecule has 0 aliphatic carbocycles. The largest absolute Gasteiger partial charge is 0.497 e. The number of nitrogens with one attached hydrogen (secondary N) is 1. The Morgan fingerprint density at radius 1 is 1.38 bits per heavy atom. The second kappa shape index (κ2) is 7.57. The Bertz CT molecular complexity index is 493. The normalized spacial score (nSPS) is 15.8. The minimum absolute atomic E-state index is 0.739. The minimum atomic E-state index is 0.739. The molecular formula is C16H24N4O. The van der Waals surface area contributed by atoms with E-state index in [1.54, 1.807) is 7.11 Å². The Labute approximate surface area is 126 Å². The van der Waals surface area contributed by atoms with Crippen molar-refractivity contribution in [3.8, 4) is 5.75 Å². The van der Waals surface area contributed by atoms with E-state index in [-0.39, 0.29) is 0 Å². The lowest BCUT2D eigenvalue weighted by Crippen LogP contribution is -2.52. The Morgan fingerprint density at radius 3 is 2.76 bits per heavy atom. The van der Waals surface area contributed by atoms with E-state index < -0.39 is 0 Å². The summed E-state index contributed by atoms with van der Waals surface area (Å²) in [4.78, 5) is 8.97. The van der Waals surface area contributed by atoms with Gasteiger partial charge in [-0.1, -0.05) is 12.1 Å². The van der Waals surface area contributed by atoms with Crippen LogP contribution in [-0.4, -0.2) is 57.7 Å². The van der Waals surface area contributed by atoms with Gasteiger partial charge in [0.1, 0.15) is 5.75 Å². The summed E-state index contributed by atoms with van der Waals surface area (Å²) in [5.41, 5.74) is 1.21. The van der Waals surface area contributed by atoms with Crippen LogP contribution in [0.4, 0.5) is 5.69 Å². The molecular weight excluding hydrogens is 264 g/mol. The first-order valence-electron chi connectivity index (χ1n) is 7.24. The quantitative estimate of drug-likeness (QED) is 0.519. The number of hydrogen-bond acceptors (Lipinski definition) is 3. The van der Waals surface area contributed by atoms with Crippen molar-refractivity contribution in [2.24, 2.45) is 4.99 Å². The fraction of sp³-hybridized carbons (Fsp3) is 0.438. The molecule has 1 fully saturated rings. The van der Waals surface area contributed by atoms with Crippen LogP contribution in [0.15, 0.2) is 41.9 Å². The van der Waals surface area contributed by atoms with Gasteiger partial charge in [-0.3, -0.25) is 4.99 Å². The van der Waals surface area contributed by atoms with Crippen LogP contribution in [0.1, 0.15) is 0 Å². The highest BCUT2D eigenvalue weighted by Crippen LogP contribution is 2.22. The number of methoxy groups -OCH3 is 1. The summed E-state index contributed by atoms with van der Waals surface area (Å²) >= 11 is 0. The molecule has 114 valence electrons. The van der Waals surface area contributed by atoms with Crippen molar-refractivity contribution in [2.45, 2.75) is 0 Å². The molecule has 21 heavy (non-hydrogen) atoms. The highest BCUT2D eigenvalue weighted by Gasteiger charge is 2.19. The van der Waals surface area contributed by atoms with Gasteiger partial charge in [0, 0.05) is 51.5 Å². The number of guanidine groups is 1. The van der Waals surface area contributed by atoms with Crippen LogP contribution in [0.3, 0.4) is 0 Å². The Hall–Kier alpha value is -2.17. The van der Waals surface area contributed by atoms with E-state index >= 15 is 0 Å². The van der Waals surface area contributed by atoms with E-state index in [0.717, 1.165) is 44.4 Å². The summed E-state index contributed by atoms with van der Waals surface area (Å²) in [5.74, 6) is 1.85. The highest BCUT2D eigenvalue weighted by atomic mass is 16.5. The smallest absolute Gasteiger partial charge is 0.194 e. The number of hydrogen-bond donors (Lipinski definition) is 1. The molecule has 0 saturated carbocycles. The summed E-state index contributed by atoms with van der Waals surface area (Å²) < 4.78 is 5.29. The van der Waals surface area contributed by atoms with E-state index in [2.05, 4.69) is 38.8 Å². The number of piperazine rings is 1. The number of benzene rings is 1. The first-order chi connectivity index (χ1) is 10.3. The van der Waals surface area contributed by atoms with Gasteiger partial charge >= 0.3 is 0 Å². The zero-order valence-electron chi connectivity index (χ0n) is 12.9. The first-order valence-corrected chi connectivity index (χ1v) is 7.24.